The fourth-order valence-corrected chi connectivity index (χ4v) is 6.19. The van der Waals surface area contributed by atoms with Crippen molar-refractivity contribution in [3.8, 4) is 22.3 Å². The van der Waals surface area contributed by atoms with E-state index in [4.69, 9.17) is 20.7 Å². The van der Waals surface area contributed by atoms with Crippen molar-refractivity contribution >= 4 is 56.7 Å². The third-order valence-electron chi connectivity index (χ3n) is 9.11. The highest BCUT2D eigenvalue weighted by Crippen LogP contribution is 2.33. The summed E-state index contributed by atoms with van der Waals surface area (Å²) in [5, 5.41) is 20.8. The molecule has 1 saturated heterocycles. The highest BCUT2D eigenvalue weighted by Gasteiger charge is 2.35. The van der Waals surface area contributed by atoms with E-state index in [9.17, 15) is 19.2 Å². The zero-order chi connectivity index (χ0) is 38.9. The maximum atomic E-state index is 12.3. The Balaban J connectivity index is 0.000000178. The van der Waals surface area contributed by atoms with Crippen LogP contribution >= 0.6 is 0 Å². The number of carboxylic acid groups (broad SMARTS) is 2. The lowest BCUT2D eigenvalue weighted by Gasteiger charge is -2.17. The van der Waals surface area contributed by atoms with Crippen LogP contribution in [0.15, 0.2) is 122 Å². The lowest BCUT2D eigenvalue weighted by atomic mass is 9.96. The second-order valence-corrected chi connectivity index (χ2v) is 12.8. The van der Waals surface area contributed by atoms with Gasteiger partial charge in [0.25, 0.3) is 0 Å². The summed E-state index contributed by atoms with van der Waals surface area (Å²) < 4.78 is 4.77. The number of nitrogen functional groups attached to an aromatic ring is 1. The van der Waals surface area contributed by atoms with Gasteiger partial charge in [0.05, 0.1) is 19.4 Å². The van der Waals surface area contributed by atoms with Gasteiger partial charge < -0.3 is 25.6 Å². The Hall–Kier alpha value is -6.88. The standard InChI is InChI=1S/C22H20N2O3.C16H14N2.C5H6O4/c1-14-3-8-18(19-9-10-23-12-20(14)19)15-4-6-17(7-5-15)24-13-16(11-21(24)25)22(26)27-2;1-11-2-7-14(12-3-5-13(17)6-4-12)15-8-9-18-10-16(11)15;1-3(5(8)9)2-4(6)7/h3-10,12,16H,11,13H2,1-2H3;2-10H,17H2,1H3;1-2H2,(H,6,7)(H,8,9). The van der Waals surface area contributed by atoms with Gasteiger partial charge in [-0.05, 0) is 94.4 Å². The number of methoxy groups -OCH3 is 1. The van der Waals surface area contributed by atoms with Gasteiger partial charge >= 0.3 is 17.9 Å². The van der Waals surface area contributed by atoms with E-state index in [0.29, 0.717) is 6.54 Å². The number of carbonyl (C=O) groups excluding carboxylic acids is 2. The topological polar surface area (TPSA) is 173 Å². The average Bonchev–Trinajstić information content (AvgIpc) is 3.57. The normalized spacial score (nSPS) is 13.4. The number of carboxylic acids is 2. The first kappa shape index (κ1) is 38.4. The molecule has 54 heavy (non-hydrogen) atoms. The van der Waals surface area contributed by atoms with Crippen molar-refractivity contribution in [3.63, 3.8) is 0 Å². The molecular formula is C43H40N4O7. The second kappa shape index (κ2) is 17.1. The van der Waals surface area contributed by atoms with E-state index >= 15 is 0 Å². The number of hydrogen-bond donors (Lipinski definition) is 3. The summed E-state index contributed by atoms with van der Waals surface area (Å²) in [5.74, 6) is -3.22. The highest BCUT2D eigenvalue weighted by atomic mass is 16.5. The second-order valence-electron chi connectivity index (χ2n) is 12.8. The van der Waals surface area contributed by atoms with Crippen LogP contribution in [-0.2, 0) is 23.9 Å². The molecule has 1 aliphatic heterocycles. The van der Waals surface area contributed by atoms with Gasteiger partial charge in [0.1, 0.15) is 0 Å². The van der Waals surface area contributed by atoms with Gasteiger partial charge in [0.2, 0.25) is 5.91 Å². The number of amides is 1. The molecule has 0 saturated carbocycles. The largest absolute Gasteiger partial charge is 0.481 e. The number of nitrogens with two attached hydrogens (primary N) is 1. The van der Waals surface area contributed by atoms with Crippen LogP contribution in [-0.4, -0.2) is 57.7 Å². The molecule has 11 nitrogen and oxygen atoms in total. The van der Waals surface area contributed by atoms with Gasteiger partial charge in [-0.15, -0.1) is 0 Å². The molecule has 1 amide bonds. The maximum Gasteiger partial charge on any atom is 0.331 e. The number of nitrogens with zero attached hydrogens (tertiary/aromatic N) is 3. The zero-order valence-corrected chi connectivity index (χ0v) is 30.2. The molecule has 6 aromatic rings. The van der Waals surface area contributed by atoms with Gasteiger partial charge in [0, 0.05) is 65.5 Å². The first-order valence-corrected chi connectivity index (χ1v) is 17.0. The Kier molecular flexibility index (Phi) is 12.1. The summed E-state index contributed by atoms with van der Waals surface area (Å²) in [5.41, 5.74) is 14.1. The van der Waals surface area contributed by atoms with Gasteiger partial charge in [-0.2, -0.15) is 0 Å². The number of aryl methyl sites for hydroxylation is 2. The molecule has 4 N–H and O–H groups in total. The molecule has 1 unspecified atom stereocenters. The number of aromatic nitrogens is 2. The Morgan fingerprint density at radius 2 is 1.28 bits per heavy atom. The van der Waals surface area contributed by atoms with Crippen LogP contribution in [0.4, 0.5) is 11.4 Å². The Labute approximate surface area is 312 Å². The predicted molar refractivity (Wildman–Crippen MR) is 210 cm³/mol. The number of aliphatic carboxylic acids is 2. The number of fused-ring (bicyclic) bond motifs is 2. The highest BCUT2D eigenvalue weighted by molar-refractivity contribution is 6.01. The van der Waals surface area contributed by atoms with E-state index in [1.54, 1.807) is 11.1 Å². The van der Waals surface area contributed by atoms with E-state index in [-0.39, 0.29) is 23.9 Å². The van der Waals surface area contributed by atoms with Crippen LogP contribution in [0.3, 0.4) is 0 Å². The molecule has 11 heteroatoms. The molecule has 3 heterocycles. The molecule has 2 aromatic heterocycles. The lowest BCUT2D eigenvalue weighted by molar-refractivity contribution is -0.145. The first-order valence-electron chi connectivity index (χ1n) is 17.0. The quantitative estimate of drug-likeness (QED) is 0.0844. The number of benzene rings is 4. The van der Waals surface area contributed by atoms with Crippen molar-refractivity contribution in [2.24, 2.45) is 5.92 Å². The predicted octanol–water partition coefficient (Wildman–Crippen LogP) is 7.63. The molecule has 7 rings (SSSR count). The number of esters is 1. The first-order chi connectivity index (χ1) is 25.9. The molecule has 4 aromatic carbocycles. The van der Waals surface area contributed by atoms with Crippen molar-refractivity contribution in [1.29, 1.82) is 0 Å². The van der Waals surface area contributed by atoms with Crippen LogP contribution in [0, 0.1) is 19.8 Å². The summed E-state index contributed by atoms with van der Waals surface area (Å²) in [6.45, 7) is 7.56. The fraction of sp³-hybridized carbons (Fsp3) is 0.163. The van der Waals surface area contributed by atoms with Crippen LogP contribution < -0.4 is 10.6 Å². The maximum absolute atomic E-state index is 12.3. The van der Waals surface area contributed by atoms with E-state index in [1.807, 2.05) is 61.1 Å². The summed E-state index contributed by atoms with van der Waals surface area (Å²) in [7, 11) is 1.35. The van der Waals surface area contributed by atoms with Crippen LogP contribution in [0.1, 0.15) is 24.0 Å². The zero-order valence-electron chi connectivity index (χ0n) is 30.2. The number of hydrogen-bond acceptors (Lipinski definition) is 8. The fourth-order valence-electron chi connectivity index (χ4n) is 6.19. The van der Waals surface area contributed by atoms with Gasteiger partial charge in [0.15, 0.2) is 0 Å². The minimum atomic E-state index is -1.27. The summed E-state index contributed by atoms with van der Waals surface area (Å²) >= 11 is 0. The van der Waals surface area contributed by atoms with Crippen LogP contribution in [0.2, 0.25) is 0 Å². The Morgan fingerprint density at radius 1 is 0.778 bits per heavy atom. The van der Waals surface area contributed by atoms with Crippen LogP contribution in [0.5, 0.6) is 0 Å². The minimum Gasteiger partial charge on any atom is -0.481 e. The monoisotopic (exact) mass is 724 g/mol. The number of pyridine rings is 2. The van der Waals surface area contributed by atoms with Gasteiger partial charge in [-0.1, -0.05) is 55.1 Å². The van der Waals surface area contributed by atoms with Crippen molar-refractivity contribution < 1.29 is 34.1 Å². The third-order valence-corrected chi connectivity index (χ3v) is 9.11. The smallest absolute Gasteiger partial charge is 0.331 e. The minimum absolute atomic E-state index is 0.0509. The Morgan fingerprint density at radius 3 is 1.72 bits per heavy atom. The molecule has 0 bridgehead atoms. The summed E-state index contributed by atoms with van der Waals surface area (Å²) in [6.07, 6.45) is 7.14. The number of anilines is 2. The van der Waals surface area contributed by atoms with E-state index in [2.05, 4.69) is 72.9 Å². The Bertz CT molecular complexity index is 2360. The number of rotatable bonds is 7. The number of ether oxygens (including phenoxy) is 1. The van der Waals surface area contributed by atoms with Crippen LogP contribution in [0.25, 0.3) is 43.8 Å². The average molecular weight is 725 g/mol. The summed E-state index contributed by atoms with van der Waals surface area (Å²) in [4.78, 5) is 53.8. The molecule has 0 radical (unpaired) electrons. The van der Waals surface area contributed by atoms with Gasteiger partial charge in [-0.25, -0.2) is 4.79 Å². The summed E-state index contributed by atoms with van der Waals surface area (Å²) in [6, 6.07) is 28.4. The van der Waals surface area contributed by atoms with Crippen molar-refractivity contribution in [2.75, 3.05) is 24.3 Å². The lowest BCUT2D eigenvalue weighted by Crippen LogP contribution is -2.26. The molecular weight excluding hydrogens is 684 g/mol. The third kappa shape index (κ3) is 8.94. The molecule has 274 valence electrons. The van der Waals surface area contributed by atoms with E-state index in [1.165, 1.54) is 40.1 Å². The van der Waals surface area contributed by atoms with Crippen molar-refractivity contribution in [2.45, 2.75) is 26.7 Å². The van der Waals surface area contributed by atoms with Crippen molar-refractivity contribution in [1.82, 2.24) is 9.97 Å². The van der Waals surface area contributed by atoms with Crippen molar-refractivity contribution in [3.05, 3.63) is 133 Å². The molecule has 1 fully saturated rings. The van der Waals surface area contributed by atoms with E-state index < -0.39 is 24.3 Å². The number of carbonyl (C=O) groups is 4. The molecule has 0 aliphatic carbocycles. The molecule has 1 aliphatic rings. The molecule has 0 spiro atoms. The van der Waals surface area contributed by atoms with Gasteiger partial charge in [-0.3, -0.25) is 24.4 Å². The molecule has 1 atom stereocenters. The van der Waals surface area contributed by atoms with E-state index in [0.717, 1.165) is 33.3 Å². The SMILES string of the molecule is C=C(CC(=O)O)C(=O)O.COC(=O)C1CC(=O)N(c2ccc(-c3ccc(C)c4cnccc34)cc2)C1.Cc1ccc(-c2ccc(N)cc2)c2ccncc12.